The number of aliphatic hydroxyl groups is 1. The van der Waals surface area contributed by atoms with Gasteiger partial charge in [-0.05, 0) is 31.5 Å². The van der Waals surface area contributed by atoms with Gasteiger partial charge >= 0.3 is 0 Å². The summed E-state index contributed by atoms with van der Waals surface area (Å²) in [6.45, 7) is 3.71. The number of allylic oxidation sites excluding steroid dienone is 1. The van der Waals surface area contributed by atoms with Gasteiger partial charge in [-0.1, -0.05) is 48.5 Å². The van der Waals surface area contributed by atoms with Crippen LogP contribution < -0.4 is 5.32 Å². The van der Waals surface area contributed by atoms with Gasteiger partial charge in [0.25, 0.3) is 5.91 Å². The van der Waals surface area contributed by atoms with Crippen molar-refractivity contribution in [3.63, 3.8) is 0 Å². The number of anilines is 1. The minimum atomic E-state index is -1.34. The number of ketones is 1. The fourth-order valence-electron chi connectivity index (χ4n) is 3.25. The first-order valence-electron chi connectivity index (χ1n) is 8.53. The number of rotatable bonds is 4. The quantitative estimate of drug-likeness (QED) is 0.832. The number of carbonyl (C=O) groups excluding carboxylic acids is 2. The third-order valence-electron chi connectivity index (χ3n) is 4.56. The molecular formula is C21H22N2O3. The van der Waals surface area contributed by atoms with Crippen LogP contribution in [-0.4, -0.2) is 27.4 Å². The van der Waals surface area contributed by atoms with Crippen LogP contribution in [0.4, 0.5) is 5.69 Å². The summed E-state index contributed by atoms with van der Waals surface area (Å²) in [5, 5.41) is 13.5. The third kappa shape index (κ3) is 3.68. The van der Waals surface area contributed by atoms with Crippen LogP contribution in [0.5, 0.6) is 0 Å². The van der Waals surface area contributed by atoms with Crippen LogP contribution in [-0.2, 0) is 16.1 Å². The standard InChI is InChI=1S/C21H22N2O3/c1-15-19(20(25)22-17-11-7-4-8-12-17)18(24)13-21(2,26)23(15)14-16-9-5-3-6-10-16/h3-12,26H,13-14H2,1-2H3,(H,22,25). The summed E-state index contributed by atoms with van der Waals surface area (Å²) < 4.78 is 0. The van der Waals surface area contributed by atoms with Gasteiger partial charge in [0.15, 0.2) is 5.78 Å². The number of hydrogen-bond acceptors (Lipinski definition) is 4. The molecule has 2 aromatic carbocycles. The molecule has 0 fully saturated rings. The van der Waals surface area contributed by atoms with Gasteiger partial charge in [0.1, 0.15) is 11.3 Å². The predicted molar refractivity (Wildman–Crippen MR) is 100 cm³/mol. The Hall–Kier alpha value is -2.92. The van der Waals surface area contributed by atoms with Crippen LogP contribution in [0.1, 0.15) is 25.8 Å². The molecule has 26 heavy (non-hydrogen) atoms. The molecule has 0 saturated carbocycles. The molecule has 134 valence electrons. The first-order chi connectivity index (χ1) is 12.4. The second-order valence-electron chi connectivity index (χ2n) is 6.67. The van der Waals surface area contributed by atoms with E-state index in [1.807, 2.05) is 48.5 Å². The van der Waals surface area contributed by atoms with Crippen molar-refractivity contribution in [1.29, 1.82) is 0 Å². The Kier molecular flexibility index (Phi) is 4.91. The van der Waals surface area contributed by atoms with E-state index in [1.165, 1.54) is 0 Å². The van der Waals surface area contributed by atoms with E-state index in [1.54, 1.807) is 30.9 Å². The molecule has 3 rings (SSSR count). The highest BCUT2D eigenvalue weighted by atomic mass is 16.3. The lowest BCUT2D eigenvalue weighted by atomic mass is 9.92. The van der Waals surface area contributed by atoms with Gasteiger partial charge in [-0.25, -0.2) is 0 Å². The zero-order valence-electron chi connectivity index (χ0n) is 14.9. The van der Waals surface area contributed by atoms with Crippen molar-refractivity contribution in [2.75, 3.05) is 5.32 Å². The molecule has 0 bridgehead atoms. The molecule has 1 amide bonds. The van der Waals surface area contributed by atoms with E-state index < -0.39 is 11.6 Å². The molecule has 1 heterocycles. The molecule has 2 N–H and O–H groups in total. The lowest BCUT2D eigenvalue weighted by Gasteiger charge is -2.43. The highest BCUT2D eigenvalue weighted by Gasteiger charge is 2.41. The highest BCUT2D eigenvalue weighted by Crippen LogP contribution is 2.33. The summed E-state index contributed by atoms with van der Waals surface area (Å²) in [6, 6.07) is 18.7. The fourth-order valence-corrected chi connectivity index (χ4v) is 3.25. The van der Waals surface area contributed by atoms with Gasteiger partial charge in [0.05, 0.1) is 6.42 Å². The molecule has 5 heteroatoms. The van der Waals surface area contributed by atoms with Crippen molar-refractivity contribution in [3.05, 3.63) is 77.5 Å². The van der Waals surface area contributed by atoms with Crippen LogP contribution in [0.25, 0.3) is 0 Å². The summed E-state index contributed by atoms with van der Waals surface area (Å²) in [5.41, 5.74) is 0.842. The van der Waals surface area contributed by atoms with E-state index in [0.717, 1.165) is 5.56 Å². The van der Waals surface area contributed by atoms with Crippen molar-refractivity contribution in [1.82, 2.24) is 4.90 Å². The minimum Gasteiger partial charge on any atom is -0.371 e. The lowest BCUT2D eigenvalue weighted by molar-refractivity contribution is -0.137. The second-order valence-corrected chi connectivity index (χ2v) is 6.67. The topological polar surface area (TPSA) is 69.6 Å². The zero-order valence-corrected chi connectivity index (χ0v) is 14.9. The molecule has 1 atom stereocenters. The number of nitrogens with zero attached hydrogens (tertiary/aromatic N) is 1. The van der Waals surface area contributed by atoms with Crippen LogP contribution in [0.3, 0.4) is 0 Å². The van der Waals surface area contributed by atoms with E-state index in [9.17, 15) is 14.7 Å². The predicted octanol–water partition coefficient (Wildman–Crippen LogP) is 3.08. The van der Waals surface area contributed by atoms with E-state index in [0.29, 0.717) is 17.9 Å². The highest BCUT2D eigenvalue weighted by molar-refractivity contribution is 6.24. The fraction of sp³-hybridized carbons (Fsp3) is 0.238. The monoisotopic (exact) mass is 350 g/mol. The number of carbonyl (C=O) groups is 2. The number of amides is 1. The first-order valence-corrected chi connectivity index (χ1v) is 8.53. The molecule has 0 aromatic heterocycles. The van der Waals surface area contributed by atoms with E-state index in [2.05, 4.69) is 5.32 Å². The Morgan fingerprint density at radius 2 is 1.69 bits per heavy atom. The summed E-state index contributed by atoms with van der Waals surface area (Å²) in [5.74, 6) is -0.808. The molecule has 5 nitrogen and oxygen atoms in total. The molecule has 0 aliphatic carbocycles. The Morgan fingerprint density at radius 1 is 1.12 bits per heavy atom. The molecule has 1 aliphatic rings. The van der Waals surface area contributed by atoms with Crippen molar-refractivity contribution < 1.29 is 14.7 Å². The van der Waals surface area contributed by atoms with Gasteiger partial charge in [0.2, 0.25) is 0 Å². The summed E-state index contributed by atoms with van der Waals surface area (Å²) in [4.78, 5) is 27.0. The van der Waals surface area contributed by atoms with Crippen LogP contribution in [0.15, 0.2) is 71.9 Å². The van der Waals surface area contributed by atoms with Crippen LogP contribution in [0.2, 0.25) is 0 Å². The lowest BCUT2D eigenvalue weighted by Crippen LogP contribution is -2.51. The largest absolute Gasteiger partial charge is 0.371 e. The third-order valence-corrected chi connectivity index (χ3v) is 4.56. The number of para-hydroxylation sites is 1. The van der Waals surface area contributed by atoms with Gasteiger partial charge in [-0.2, -0.15) is 0 Å². The molecule has 0 spiro atoms. The average Bonchev–Trinajstić information content (AvgIpc) is 2.60. The molecule has 0 radical (unpaired) electrons. The maximum Gasteiger partial charge on any atom is 0.261 e. The summed E-state index contributed by atoms with van der Waals surface area (Å²) >= 11 is 0. The molecule has 1 unspecified atom stereocenters. The number of benzene rings is 2. The van der Waals surface area contributed by atoms with Gasteiger partial charge in [0, 0.05) is 17.9 Å². The number of Topliss-reactive ketones (excluding diaryl/α,β-unsaturated/α-hetero) is 1. The van der Waals surface area contributed by atoms with Crippen LogP contribution in [0, 0.1) is 0 Å². The smallest absolute Gasteiger partial charge is 0.261 e. The Bertz CT molecular complexity index is 842. The Morgan fingerprint density at radius 3 is 2.31 bits per heavy atom. The molecule has 0 saturated heterocycles. The van der Waals surface area contributed by atoms with Crippen molar-refractivity contribution in [2.45, 2.75) is 32.5 Å². The van der Waals surface area contributed by atoms with Crippen molar-refractivity contribution >= 4 is 17.4 Å². The van der Waals surface area contributed by atoms with E-state index in [4.69, 9.17) is 0 Å². The van der Waals surface area contributed by atoms with E-state index >= 15 is 0 Å². The van der Waals surface area contributed by atoms with Gasteiger partial charge in [-0.3, -0.25) is 9.59 Å². The minimum absolute atomic E-state index is 0.0938. The van der Waals surface area contributed by atoms with Gasteiger partial charge in [-0.15, -0.1) is 0 Å². The molecule has 2 aromatic rings. The normalized spacial score (nSPS) is 20.3. The molecule has 1 aliphatic heterocycles. The van der Waals surface area contributed by atoms with Crippen molar-refractivity contribution in [3.8, 4) is 0 Å². The Balaban J connectivity index is 1.92. The SMILES string of the molecule is CC1=C(C(=O)Nc2ccccc2)C(=O)CC(C)(O)N1Cc1ccccc1. The van der Waals surface area contributed by atoms with Crippen molar-refractivity contribution in [2.24, 2.45) is 0 Å². The first kappa shape index (κ1) is 17.9. The molecular weight excluding hydrogens is 328 g/mol. The van der Waals surface area contributed by atoms with Crippen LogP contribution >= 0.6 is 0 Å². The summed E-state index contributed by atoms with van der Waals surface area (Å²) in [7, 11) is 0. The summed E-state index contributed by atoms with van der Waals surface area (Å²) in [6.07, 6.45) is -0.130. The maximum absolute atomic E-state index is 12.7. The van der Waals surface area contributed by atoms with E-state index in [-0.39, 0.29) is 17.8 Å². The zero-order chi connectivity index (χ0) is 18.7. The number of hydrogen-bond donors (Lipinski definition) is 2. The average molecular weight is 350 g/mol. The van der Waals surface area contributed by atoms with Gasteiger partial charge < -0.3 is 15.3 Å². The maximum atomic E-state index is 12.7. The second kappa shape index (κ2) is 7.14. The Labute approximate surface area is 153 Å². The number of nitrogens with one attached hydrogen (secondary N) is 1.